The van der Waals surface area contributed by atoms with Crippen LogP contribution in [0.1, 0.15) is 32.6 Å². The first-order chi connectivity index (χ1) is 8.02. The van der Waals surface area contributed by atoms with Crippen LogP contribution in [-0.2, 0) is 4.79 Å². The lowest BCUT2D eigenvalue weighted by atomic mass is 9.61. The molecule has 0 aromatic rings. The summed E-state index contributed by atoms with van der Waals surface area (Å²) >= 11 is 0. The summed E-state index contributed by atoms with van der Waals surface area (Å²) in [5.41, 5.74) is -0.504. The van der Waals surface area contributed by atoms with E-state index in [-0.39, 0.29) is 6.10 Å². The molecule has 3 heteroatoms. The second-order valence-electron chi connectivity index (χ2n) is 7.15. The van der Waals surface area contributed by atoms with Gasteiger partial charge in [0.1, 0.15) is 0 Å². The minimum absolute atomic E-state index is 0.140. The van der Waals surface area contributed by atoms with Crippen LogP contribution in [0.25, 0.3) is 0 Å². The fourth-order valence-electron chi connectivity index (χ4n) is 6.17. The largest absolute Gasteiger partial charge is 0.481 e. The quantitative estimate of drug-likeness (QED) is 0.682. The van der Waals surface area contributed by atoms with Crippen molar-refractivity contribution in [1.82, 2.24) is 0 Å². The molecule has 0 aliphatic heterocycles. The second kappa shape index (κ2) is 2.87. The Hall–Kier alpha value is -0.570. The summed E-state index contributed by atoms with van der Waals surface area (Å²) in [6, 6.07) is 0. The average molecular weight is 236 g/mol. The first-order valence-corrected chi connectivity index (χ1v) is 6.94. The molecule has 4 fully saturated rings. The van der Waals surface area contributed by atoms with Crippen molar-refractivity contribution in [2.24, 2.45) is 40.9 Å². The topological polar surface area (TPSA) is 57.5 Å². The number of aliphatic carboxylic acids is 1. The van der Waals surface area contributed by atoms with Gasteiger partial charge in [-0.1, -0.05) is 0 Å². The van der Waals surface area contributed by atoms with E-state index in [0.29, 0.717) is 29.6 Å². The monoisotopic (exact) mass is 236 g/mol. The Morgan fingerprint density at radius 1 is 1.18 bits per heavy atom. The van der Waals surface area contributed by atoms with Gasteiger partial charge in [0.25, 0.3) is 0 Å². The van der Waals surface area contributed by atoms with Gasteiger partial charge in [-0.15, -0.1) is 0 Å². The number of fused-ring (bicyclic) bond motifs is 9. The van der Waals surface area contributed by atoms with Gasteiger partial charge in [0.2, 0.25) is 0 Å². The highest BCUT2D eigenvalue weighted by Gasteiger charge is 2.69. The highest BCUT2D eigenvalue weighted by atomic mass is 16.4. The molecule has 4 rings (SSSR count). The Morgan fingerprint density at radius 2 is 1.94 bits per heavy atom. The Morgan fingerprint density at radius 3 is 2.65 bits per heavy atom. The van der Waals surface area contributed by atoms with E-state index in [9.17, 15) is 15.0 Å². The van der Waals surface area contributed by atoms with E-state index in [0.717, 1.165) is 25.2 Å². The van der Waals surface area contributed by atoms with Gasteiger partial charge >= 0.3 is 5.97 Å². The van der Waals surface area contributed by atoms with Crippen molar-refractivity contribution in [2.75, 3.05) is 0 Å². The van der Waals surface area contributed by atoms with E-state index < -0.39 is 11.4 Å². The van der Waals surface area contributed by atoms with Crippen LogP contribution in [0.4, 0.5) is 0 Å². The van der Waals surface area contributed by atoms with Gasteiger partial charge in [0.15, 0.2) is 0 Å². The van der Waals surface area contributed by atoms with Crippen molar-refractivity contribution in [3.63, 3.8) is 0 Å². The number of carbonyl (C=O) groups is 1. The summed E-state index contributed by atoms with van der Waals surface area (Å²) in [6.45, 7) is 1.94. The number of carboxylic acids is 1. The fourth-order valence-corrected chi connectivity index (χ4v) is 6.17. The van der Waals surface area contributed by atoms with Crippen LogP contribution in [0.15, 0.2) is 0 Å². The predicted molar refractivity (Wildman–Crippen MR) is 61.2 cm³/mol. The molecule has 0 amide bonds. The molecule has 0 saturated heterocycles. The molecule has 8 unspecified atom stereocenters. The molecule has 0 spiro atoms. The summed E-state index contributed by atoms with van der Waals surface area (Å²) in [7, 11) is 0. The number of aliphatic hydroxyl groups is 1. The molecule has 0 aromatic carbocycles. The molecule has 4 aliphatic carbocycles. The van der Waals surface area contributed by atoms with Crippen LogP contribution in [0.3, 0.4) is 0 Å². The third-order valence-electron chi connectivity index (χ3n) is 6.66. The molecule has 4 aliphatic rings. The molecular formula is C14H20O3. The second-order valence-corrected chi connectivity index (χ2v) is 7.15. The molecule has 94 valence electrons. The zero-order valence-corrected chi connectivity index (χ0v) is 10.2. The molecule has 8 atom stereocenters. The minimum Gasteiger partial charge on any atom is -0.481 e. The molecule has 4 bridgehead atoms. The number of hydrogen-bond acceptors (Lipinski definition) is 2. The highest BCUT2D eigenvalue weighted by molar-refractivity contribution is 5.75. The Balaban J connectivity index is 1.72. The van der Waals surface area contributed by atoms with Gasteiger partial charge in [-0.3, -0.25) is 4.79 Å². The fraction of sp³-hybridized carbons (Fsp3) is 0.929. The molecule has 17 heavy (non-hydrogen) atoms. The summed E-state index contributed by atoms with van der Waals surface area (Å²) in [6.07, 6.45) is 4.00. The first kappa shape index (κ1) is 10.4. The molecule has 2 N–H and O–H groups in total. The Kier molecular flexibility index (Phi) is 1.75. The van der Waals surface area contributed by atoms with Crippen LogP contribution in [0, 0.1) is 40.9 Å². The lowest BCUT2D eigenvalue weighted by Crippen LogP contribution is -2.45. The van der Waals surface area contributed by atoms with Crippen LogP contribution in [0.5, 0.6) is 0 Å². The molecule has 0 radical (unpaired) electrons. The maximum Gasteiger partial charge on any atom is 0.309 e. The summed E-state index contributed by atoms with van der Waals surface area (Å²) < 4.78 is 0. The van der Waals surface area contributed by atoms with Crippen molar-refractivity contribution < 1.29 is 15.0 Å². The molecule has 4 saturated carbocycles. The van der Waals surface area contributed by atoms with Crippen LogP contribution >= 0.6 is 0 Å². The van der Waals surface area contributed by atoms with Crippen LogP contribution < -0.4 is 0 Å². The minimum atomic E-state index is -0.610. The van der Waals surface area contributed by atoms with Gasteiger partial charge < -0.3 is 10.2 Å². The maximum atomic E-state index is 11.5. The standard InChI is InChI=1S/C14H20O3/c1-14(13(16)17)5-7-3-9(14)12-8-2-6(11(7)12)4-10(8)15/h6-12,15H,2-5H2,1H3,(H,16,17). The number of rotatable bonds is 1. The predicted octanol–water partition coefficient (Wildman–Crippen LogP) is 1.75. The third kappa shape index (κ3) is 1.01. The van der Waals surface area contributed by atoms with E-state index in [1.165, 1.54) is 6.42 Å². The molecule has 3 nitrogen and oxygen atoms in total. The maximum absolute atomic E-state index is 11.5. The van der Waals surface area contributed by atoms with E-state index >= 15 is 0 Å². The highest BCUT2D eigenvalue weighted by Crippen LogP contribution is 2.71. The lowest BCUT2D eigenvalue weighted by molar-refractivity contribution is -0.155. The van der Waals surface area contributed by atoms with Gasteiger partial charge in [0.05, 0.1) is 11.5 Å². The number of hydrogen-bond donors (Lipinski definition) is 2. The smallest absolute Gasteiger partial charge is 0.309 e. The zero-order chi connectivity index (χ0) is 11.9. The third-order valence-corrected chi connectivity index (χ3v) is 6.66. The summed E-state index contributed by atoms with van der Waals surface area (Å²) in [5.74, 6) is 2.74. The summed E-state index contributed by atoms with van der Waals surface area (Å²) in [5, 5.41) is 19.5. The first-order valence-electron chi connectivity index (χ1n) is 6.94. The normalized spacial score (nSPS) is 63.1. The van der Waals surface area contributed by atoms with Gasteiger partial charge in [-0.25, -0.2) is 0 Å². The number of aliphatic hydroxyl groups excluding tert-OH is 1. The van der Waals surface area contributed by atoms with E-state index in [4.69, 9.17) is 0 Å². The van der Waals surface area contributed by atoms with E-state index in [1.807, 2.05) is 6.92 Å². The van der Waals surface area contributed by atoms with Crippen molar-refractivity contribution >= 4 is 5.97 Å². The van der Waals surface area contributed by atoms with Crippen LogP contribution in [0.2, 0.25) is 0 Å². The van der Waals surface area contributed by atoms with Crippen molar-refractivity contribution in [2.45, 2.75) is 38.7 Å². The molecule has 0 aromatic heterocycles. The average Bonchev–Trinajstić information content (AvgIpc) is 2.92. The number of carboxylic acid groups (broad SMARTS) is 1. The lowest BCUT2D eigenvalue weighted by Gasteiger charge is -2.43. The molecular weight excluding hydrogens is 216 g/mol. The van der Waals surface area contributed by atoms with Crippen molar-refractivity contribution in [3.05, 3.63) is 0 Å². The zero-order valence-electron chi connectivity index (χ0n) is 10.2. The van der Waals surface area contributed by atoms with Gasteiger partial charge in [-0.05, 0) is 68.1 Å². The van der Waals surface area contributed by atoms with E-state index in [1.54, 1.807) is 0 Å². The van der Waals surface area contributed by atoms with Gasteiger partial charge in [-0.2, -0.15) is 0 Å². The van der Waals surface area contributed by atoms with Crippen LogP contribution in [-0.4, -0.2) is 22.3 Å². The van der Waals surface area contributed by atoms with Crippen molar-refractivity contribution in [1.29, 1.82) is 0 Å². The van der Waals surface area contributed by atoms with E-state index in [2.05, 4.69) is 0 Å². The Bertz CT molecular complexity index is 393. The Labute approximate surface area is 101 Å². The molecule has 0 heterocycles. The van der Waals surface area contributed by atoms with Crippen molar-refractivity contribution in [3.8, 4) is 0 Å². The van der Waals surface area contributed by atoms with Gasteiger partial charge in [0, 0.05) is 0 Å². The summed E-state index contributed by atoms with van der Waals surface area (Å²) in [4.78, 5) is 11.5. The SMILES string of the molecule is CC1(C(=O)O)CC2CC1C1C3CC(CC3O)C21.